The Morgan fingerprint density at radius 2 is 2.19 bits per heavy atom. The van der Waals surface area contributed by atoms with Crippen LogP contribution in [0.15, 0.2) is 30.6 Å². The minimum absolute atomic E-state index is 0. The average molecular weight is 358 g/mol. The van der Waals surface area contributed by atoms with Gasteiger partial charge in [0.2, 0.25) is 11.8 Å². The zero-order chi connectivity index (χ0) is 18.7. The van der Waals surface area contributed by atoms with Crippen molar-refractivity contribution in [1.82, 2.24) is 19.6 Å². The van der Waals surface area contributed by atoms with E-state index in [-0.39, 0.29) is 42.5 Å². The number of imidazole rings is 1. The Hall–Kier alpha value is -3.40. The van der Waals surface area contributed by atoms with Crippen molar-refractivity contribution in [2.75, 3.05) is 12.4 Å². The van der Waals surface area contributed by atoms with Gasteiger partial charge in [-0.25, -0.2) is 14.5 Å². The molecule has 0 saturated heterocycles. The molecule has 27 heavy (non-hydrogen) atoms. The Morgan fingerprint density at radius 3 is 2.85 bits per heavy atom. The van der Waals surface area contributed by atoms with Crippen LogP contribution >= 0.6 is 0 Å². The summed E-state index contributed by atoms with van der Waals surface area (Å²) < 4.78 is 6.31. The molecule has 0 saturated carbocycles. The third kappa shape index (κ3) is 4.23. The summed E-state index contributed by atoms with van der Waals surface area (Å²) in [5.74, 6) is -1.70. The number of aromatic nitrogens is 4. The van der Waals surface area contributed by atoms with Crippen molar-refractivity contribution in [3.63, 3.8) is 0 Å². The van der Waals surface area contributed by atoms with Gasteiger partial charge in [0.25, 0.3) is 0 Å². The molecule has 3 rings (SSSR count). The largest absolute Gasteiger partial charge is 1.00 e. The number of aromatic carboxylic acids is 1. The number of nitriles is 1. The van der Waals surface area contributed by atoms with Gasteiger partial charge < -0.3 is 20.0 Å². The molecule has 0 aliphatic heterocycles. The van der Waals surface area contributed by atoms with E-state index in [4.69, 9.17) is 10.00 Å². The summed E-state index contributed by atoms with van der Waals surface area (Å²) in [6.45, 7) is 0. The second kappa shape index (κ2) is 8.32. The Kier molecular flexibility index (Phi) is 6.14. The number of anilines is 1. The fourth-order valence-electron chi connectivity index (χ4n) is 2.26. The van der Waals surface area contributed by atoms with E-state index in [1.807, 2.05) is 0 Å². The summed E-state index contributed by atoms with van der Waals surface area (Å²) in [6, 6.07) is 6.37. The van der Waals surface area contributed by atoms with Crippen LogP contribution in [0.5, 0.6) is 5.88 Å². The maximum atomic E-state index is 11.5. The first-order chi connectivity index (χ1) is 12.5. The van der Waals surface area contributed by atoms with Crippen LogP contribution in [-0.2, 0) is 4.79 Å². The molecule has 0 fully saturated rings. The van der Waals surface area contributed by atoms with E-state index in [9.17, 15) is 14.7 Å². The summed E-state index contributed by atoms with van der Waals surface area (Å²) in [5.41, 5.74) is 1.14. The summed E-state index contributed by atoms with van der Waals surface area (Å²) in [6.07, 6.45) is 2.62. The first kappa shape index (κ1) is 19.9. The molecule has 0 atom stereocenters. The quantitative estimate of drug-likeness (QED) is 0.476. The number of carboxylic acid groups (broad SMARTS) is 1. The Labute approximate surface area is 165 Å². The van der Waals surface area contributed by atoms with Gasteiger partial charge in [-0.05, 0) is 18.2 Å². The van der Waals surface area contributed by atoms with Crippen LogP contribution in [0.3, 0.4) is 0 Å². The Balaban J connectivity index is 0.00000261. The van der Waals surface area contributed by atoms with Crippen molar-refractivity contribution in [2.24, 2.45) is 0 Å². The van der Waals surface area contributed by atoms with Crippen LogP contribution < -0.4 is 34.0 Å². The topological polar surface area (TPSA) is 145 Å². The molecule has 11 heteroatoms. The number of hydrogen-bond donors (Lipinski definition) is 1. The Bertz CT molecular complexity index is 1060. The van der Waals surface area contributed by atoms with Crippen molar-refractivity contribution in [3.8, 4) is 23.2 Å². The molecule has 130 valence electrons. The number of carbonyl (C=O) groups is 2. The smallest absolute Gasteiger partial charge is 0.545 e. The van der Waals surface area contributed by atoms with Gasteiger partial charge in [0.15, 0.2) is 11.5 Å². The summed E-state index contributed by atoms with van der Waals surface area (Å²) in [5, 5.41) is 26.5. The standard InChI is InChI=1S/C16H12N6O4.Li/c1-26-15-10(16(24)25)6-9(7-18-15)11-2-3-13-19-12(8-22(13)21-11)20-14(23)4-5-17;/h2-3,6-8H,4H2,1H3,(H,20,23)(H,24,25);/q;+1/p-1. The number of carboxylic acids is 1. The number of nitrogens with zero attached hydrogens (tertiary/aromatic N) is 5. The molecular weight excluding hydrogens is 347 g/mol. The molecule has 0 aliphatic rings. The number of rotatable bonds is 5. The van der Waals surface area contributed by atoms with Gasteiger partial charge in [-0.3, -0.25) is 4.79 Å². The van der Waals surface area contributed by atoms with Gasteiger partial charge in [-0.2, -0.15) is 10.4 Å². The molecule has 0 bridgehead atoms. The molecule has 1 amide bonds. The molecule has 1 N–H and O–H groups in total. The summed E-state index contributed by atoms with van der Waals surface area (Å²) in [7, 11) is 1.31. The van der Waals surface area contributed by atoms with E-state index in [1.54, 1.807) is 18.2 Å². The number of ether oxygens (including phenoxy) is 1. The van der Waals surface area contributed by atoms with Crippen LogP contribution in [0.25, 0.3) is 16.9 Å². The third-order valence-corrected chi connectivity index (χ3v) is 3.39. The summed E-state index contributed by atoms with van der Waals surface area (Å²) in [4.78, 5) is 30.8. The molecule has 0 aromatic carbocycles. The van der Waals surface area contributed by atoms with Gasteiger partial charge in [-0.1, -0.05) is 0 Å². The average Bonchev–Trinajstić information content (AvgIpc) is 3.02. The fourth-order valence-corrected chi connectivity index (χ4v) is 2.26. The zero-order valence-corrected chi connectivity index (χ0v) is 14.5. The maximum absolute atomic E-state index is 11.5. The van der Waals surface area contributed by atoms with E-state index in [0.29, 0.717) is 16.9 Å². The molecule has 3 aromatic rings. The van der Waals surface area contributed by atoms with Crippen molar-refractivity contribution in [2.45, 2.75) is 6.42 Å². The van der Waals surface area contributed by atoms with Crippen LogP contribution in [0, 0.1) is 11.3 Å². The molecule has 10 nitrogen and oxygen atoms in total. The van der Waals surface area contributed by atoms with Crippen molar-refractivity contribution < 1.29 is 38.3 Å². The number of methoxy groups -OCH3 is 1. The first-order valence-electron chi connectivity index (χ1n) is 7.31. The van der Waals surface area contributed by atoms with E-state index < -0.39 is 11.9 Å². The monoisotopic (exact) mass is 358 g/mol. The van der Waals surface area contributed by atoms with Crippen LogP contribution in [-0.4, -0.2) is 38.6 Å². The number of pyridine rings is 1. The van der Waals surface area contributed by atoms with Crippen LogP contribution in [0.2, 0.25) is 0 Å². The molecular formula is C16H11LiN6O4. The molecule has 0 radical (unpaired) electrons. The van der Waals surface area contributed by atoms with Crippen molar-refractivity contribution in [3.05, 3.63) is 36.2 Å². The van der Waals surface area contributed by atoms with Crippen molar-refractivity contribution >= 4 is 23.3 Å². The predicted octanol–water partition coefficient (Wildman–Crippen LogP) is -2.98. The van der Waals surface area contributed by atoms with Crippen LogP contribution in [0.1, 0.15) is 16.8 Å². The van der Waals surface area contributed by atoms with Gasteiger partial charge in [0, 0.05) is 11.8 Å². The molecule has 0 spiro atoms. The Morgan fingerprint density at radius 1 is 1.41 bits per heavy atom. The number of carbonyl (C=O) groups excluding carboxylic acids is 2. The second-order valence-corrected chi connectivity index (χ2v) is 5.10. The van der Waals surface area contributed by atoms with Gasteiger partial charge in [0.1, 0.15) is 6.42 Å². The van der Waals surface area contributed by atoms with E-state index in [0.717, 1.165) is 0 Å². The minimum atomic E-state index is -1.41. The SMILES string of the molecule is COc1ncc(-c2ccc3nc(NC(=O)CC#N)cn3n2)cc1C(=O)[O-].[Li+]. The molecule has 3 aromatic heterocycles. The number of hydrogen-bond acceptors (Lipinski definition) is 8. The van der Waals surface area contributed by atoms with E-state index in [2.05, 4.69) is 20.4 Å². The maximum Gasteiger partial charge on any atom is 1.00 e. The normalized spacial score (nSPS) is 9.93. The number of amides is 1. The number of fused-ring (bicyclic) bond motifs is 1. The van der Waals surface area contributed by atoms with E-state index in [1.165, 1.54) is 30.1 Å². The zero-order valence-electron chi connectivity index (χ0n) is 14.5. The number of nitrogens with one attached hydrogen (secondary N) is 1. The van der Waals surface area contributed by atoms with Gasteiger partial charge >= 0.3 is 18.9 Å². The first-order valence-corrected chi connectivity index (χ1v) is 7.31. The van der Waals surface area contributed by atoms with Crippen molar-refractivity contribution in [1.29, 1.82) is 5.26 Å². The minimum Gasteiger partial charge on any atom is -0.545 e. The van der Waals surface area contributed by atoms with Crippen LogP contribution in [0.4, 0.5) is 5.82 Å². The second-order valence-electron chi connectivity index (χ2n) is 5.10. The summed E-state index contributed by atoms with van der Waals surface area (Å²) >= 11 is 0. The molecule has 3 heterocycles. The third-order valence-electron chi connectivity index (χ3n) is 3.39. The molecule has 0 unspecified atom stereocenters. The molecule has 0 aliphatic carbocycles. The van der Waals surface area contributed by atoms with Gasteiger partial charge in [0.05, 0.1) is 36.6 Å². The predicted molar refractivity (Wildman–Crippen MR) is 86.0 cm³/mol. The fraction of sp³-hybridized carbons (Fsp3) is 0.125. The van der Waals surface area contributed by atoms with Gasteiger partial charge in [-0.15, -0.1) is 0 Å². The van der Waals surface area contributed by atoms with E-state index >= 15 is 0 Å².